The summed E-state index contributed by atoms with van der Waals surface area (Å²) in [6.45, 7) is 6.55. The van der Waals surface area contributed by atoms with E-state index in [2.05, 4.69) is 31.3 Å². The maximum Gasteiger partial charge on any atom is 0.221 e. The summed E-state index contributed by atoms with van der Waals surface area (Å²) >= 11 is 0. The smallest absolute Gasteiger partial charge is 0.221 e. The van der Waals surface area contributed by atoms with E-state index in [0.717, 1.165) is 0 Å². The Morgan fingerprint density at radius 3 is 2.65 bits per heavy atom. The van der Waals surface area contributed by atoms with E-state index in [-0.39, 0.29) is 24.4 Å². The normalized spacial score (nSPS) is 11.5. The number of hydrogen-bond donors (Lipinski definition) is 2. The monoisotopic (exact) mass is 256 g/mol. The molecule has 0 aliphatic rings. The third kappa shape index (κ3) is 4.36. The zero-order valence-corrected chi connectivity index (χ0v) is 11.4. The third-order valence-electron chi connectivity index (χ3n) is 2.86. The van der Waals surface area contributed by atoms with Gasteiger partial charge < -0.3 is 11.1 Å². The van der Waals surface area contributed by atoms with E-state index in [1.165, 1.54) is 16.7 Å². The predicted octanol–water partition coefficient (Wildman–Crippen LogP) is 2.25. The maximum atomic E-state index is 11.4. The number of amides is 1. The molecule has 1 unspecified atom stereocenters. The van der Waals surface area contributed by atoms with Gasteiger partial charge in [0.05, 0.1) is 6.04 Å². The van der Waals surface area contributed by atoms with Crippen LogP contribution in [0.15, 0.2) is 18.2 Å². The van der Waals surface area contributed by atoms with Gasteiger partial charge >= 0.3 is 0 Å². The van der Waals surface area contributed by atoms with Crippen molar-refractivity contribution >= 4 is 18.3 Å². The van der Waals surface area contributed by atoms with Crippen LogP contribution in [0.5, 0.6) is 0 Å². The molecule has 3 N–H and O–H groups in total. The Balaban J connectivity index is 0.00000256. The first-order valence-corrected chi connectivity index (χ1v) is 5.61. The zero-order valence-electron chi connectivity index (χ0n) is 10.6. The summed E-state index contributed by atoms with van der Waals surface area (Å²) in [5.74, 6) is 0.0101. The Hall–Kier alpha value is -1.06. The minimum absolute atomic E-state index is 0. The lowest BCUT2D eigenvalue weighted by Crippen LogP contribution is -2.28. The molecule has 4 heteroatoms. The molecule has 0 aliphatic heterocycles. The molecular formula is C13H21ClN2O. The van der Waals surface area contributed by atoms with Crippen LogP contribution < -0.4 is 11.1 Å². The second kappa shape index (κ2) is 7.30. The average Bonchev–Trinajstić information content (AvgIpc) is 2.22. The van der Waals surface area contributed by atoms with Crippen LogP contribution in [0.4, 0.5) is 0 Å². The first-order valence-electron chi connectivity index (χ1n) is 5.61. The summed E-state index contributed by atoms with van der Waals surface area (Å²) in [7, 11) is 0. The molecule has 0 aliphatic carbocycles. The summed E-state index contributed by atoms with van der Waals surface area (Å²) < 4.78 is 0. The van der Waals surface area contributed by atoms with Crippen molar-refractivity contribution in [2.24, 2.45) is 5.73 Å². The van der Waals surface area contributed by atoms with Gasteiger partial charge in [-0.15, -0.1) is 12.4 Å². The number of carbonyl (C=O) groups excluding carboxylic acids is 1. The van der Waals surface area contributed by atoms with Crippen molar-refractivity contribution in [1.82, 2.24) is 5.32 Å². The average molecular weight is 257 g/mol. The summed E-state index contributed by atoms with van der Waals surface area (Å²) in [6.07, 6.45) is 0.384. The highest BCUT2D eigenvalue weighted by atomic mass is 35.5. The van der Waals surface area contributed by atoms with Gasteiger partial charge in [0.2, 0.25) is 5.91 Å². The van der Waals surface area contributed by atoms with Crippen LogP contribution in [0, 0.1) is 13.8 Å². The number of halogens is 1. The summed E-state index contributed by atoms with van der Waals surface area (Å²) in [4.78, 5) is 11.4. The molecule has 3 nitrogen and oxygen atoms in total. The van der Waals surface area contributed by atoms with Crippen LogP contribution in [0.1, 0.15) is 36.1 Å². The topological polar surface area (TPSA) is 55.1 Å². The van der Waals surface area contributed by atoms with Crippen molar-refractivity contribution in [2.75, 3.05) is 6.54 Å². The van der Waals surface area contributed by atoms with Crippen LogP contribution >= 0.6 is 12.4 Å². The lowest BCUT2D eigenvalue weighted by Gasteiger charge is -2.17. The van der Waals surface area contributed by atoms with Crippen LogP contribution in [-0.4, -0.2) is 12.5 Å². The van der Waals surface area contributed by atoms with Gasteiger partial charge in [0.25, 0.3) is 0 Å². The molecule has 0 heterocycles. The van der Waals surface area contributed by atoms with Gasteiger partial charge in [-0.25, -0.2) is 0 Å². The number of nitrogens with one attached hydrogen (secondary N) is 1. The Labute approximate surface area is 109 Å². The molecule has 1 atom stereocenters. The second-order valence-corrected chi connectivity index (χ2v) is 4.12. The number of rotatable bonds is 4. The highest BCUT2D eigenvalue weighted by molar-refractivity contribution is 5.85. The zero-order chi connectivity index (χ0) is 12.1. The minimum atomic E-state index is 0. The summed E-state index contributed by atoms with van der Waals surface area (Å²) in [5, 5.41) is 2.95. The highest BCUT2D eigenvalue weighted by Gasteiger charge is 2.11. The van der Waals surface area contributed by atoms with E-state index in [1.807, 2.05) is 13.0 Å². The molecule has 17 heavy (non-hydrogen) atoms. The predicted molar refractivity (Wildman–Crippen MR) is 73.4 cm³/mol. The Morgan fingerprint density at radius 1 is 1.41 bits per heavy atom. The number of aryl methyl sites for hydroxylation is 1. The first kappa shape index (κ1) is 15.9. The Bertz CT molecular complexity index is 380. The number of nitrogens with two attached hydrogens (primary N) is 1. The van der Waals surface area contributed by atoms with Gasteiger partial charge in [0.15, 0.2) is 0 Å². The van der Waals surface area contributed by atoms with E-state index < -0.39 is 0 Å². The van der Waals surface area contributed by atoms with E-state index in [4.69, 9.17) is 5.73 Å². The van der Waals surface area contributed by atoms with Gasteiger partial charge in [-0.2, -0.15) is 0 Å². The van der Waals surface area contributed by atoms with E-state index in [9.17, 15) is 4.79 Å². The standard InChI is InChI=1S/C13H20N2O.ClH/c1-9-5-4-6-12(10(9)2)11(3)15-13(16)7-8-14;/h4-6,11H,7-8,14H2,1-3H3,(H,15,16);1H. The van der Waals surface area contributed by atoms with Crippen LogP contribution in [0.2, 0.25) is 0 Å². The molecule has 1 rings (SSSR count). The number of carbonyl (C=O) groups is 1. The minimum Gasteiger partial charge on any atom is -0.350 e. The lowest BCUT2D eigenvalue weighted by atomic mass is 9.98. The van der Waals surface area contributed by atoms with Gasteiger partial charge in [-0.3, -0.25) is 4.79 Å². The van der Waals surface area contributed by atoms with Crippen LogP contribution in [0.3, 0.4) is 0 Å². The molecule has 0 bridgehead atoms. The number of hydrogen-bond acceptors (Lipinski definition) is 2. The van der Waals surface area contributed by atoms with E-state index >= 15 is 0 Å². The molecule has 0 fully saturated rings. The number of benzene rings is 1. The molecule has 1 aromatic rings. The molecular weight excluding hydrogens is 236 g/mol. The van der Waals surface area contributed by atoms with Crippen molar-refractivity contribution in [3.8, 4) is 0 Å². The second-order valence-electron chi connectivity index (χ2n) is 4.12. The van der Waals surface area contributed by atoms with Crippen molar-refractivity contribution in [1.29, 1.82) is 0 Å². The van der Waals surface area contributed by atoms with Crippen molar-refractivity contribution in [3.05, 3.63) is 34.9 Å². The largest absolute Gasteiger partial charge is 0.350 e. The van der Waals surface area contributed by atoms with Crippen molar-refractivity contribution < 1.29 is 4.79 Å². The Kier molecular flexibility index (Phi) is 6.85. The highest BCUT2D eigenvalue weighted by Crippen LogP contribution is 2.19. The van der Waals surface area contributed by atoms with Crippen molar-refractivity contribution in [3.63, 3.8) is 0 Å². The van der Waals surface area contributed by atoms with Gasteiger partial charge in [0, 0.05) is 13.0 Å². The summed E-state index contributed by atoms with van der Waals surface area (Å²) in [5.41, 5.74) is 9.00. The SMILES string of the molecule is Cc1cccc(C(C)NC(=O)CCN)c1C.Cl. The van der Waals surface area contributed by atoms with Crippen LogP contribution in [-0.2, 0) is 4.79 Å². The van der Waals surface area contributed by atoms with Crippen molar-refractivity contribution in [2.45, 2.75) is 33.2 Å². The molecule has 0 spiro atoms. The van der Waals surface area contributed by atoms with E-state index in [0.29, 0.717) is 13.0 Å². The molecule has 0 radical (unpaired) electrons. The maximum absolute atomic E-state index is 11.4. The van der Waals surface area contributed by atoms with Gasteiger partial charge in [-0.05, 0) is 37.5 Å². The van der Waals surface area contributed by atoms with Gasteiger partial charge in [-0.1, -0.05) is 18.2 Å². The Morgan fingerprint density at radius 2 is 2.06 bits per heavy atom. The van der Waals surface area contributed by atoms with Gasteiger partial charge in [0.1, 0.15) is 0 Å². The van der Waals surface area contributed by atoms with E-state index in [1.54, 1.807) is 0 Å². The fourth-order valence-electron chi connectivity index (χ4n) is 1.77. The molecule has 0 aromatic heterocycles. The van der Waals surface area contributed by atoms with Crippen LogP contribution in [0.25, 0.3) is 0 Å². The molecule has 1 amide bonds. The molecule has 0 saturated heterocycles. The fourth-order valence-corrected chi connectivity index (χ4v) is 1.77. The molecule has 0 saturated carbocycles. The molecule has 1 aromatic carbocycles. The first-order chi connectivity index (χ1) is 7.56. The summed E-state index contributed by atoms with van der Waals surface area (Å²) in [6, 6.07) is 6.19. The lowest BCUT2D eigenvalue weighted by molar-refractivity contribution is -0.121. The fraction of sp³-hybridized carbons (Fsp3) is 0.462. The molecule has 96 valence electrons. The quantitative estimate of drug-likeness (QED) is 0.868. The third-order valence-corrected chi connectivity index (χ3v) is 2.86.